The number of carbonyl (C=O) groups is 2. The quantitative estimate of drug-likeness (QED) is 0.703. The number of carboxylic acid groups (broad SMARTS) is 1. The molecule has 1 rings (SSSR count). The second-order valence-electron chi connectivity index (χ2n) is 6.00. The monoisotopic (exact) mass is 285 g/mol. The summed E-state index contributed by atoms with van der Waals surface area (Å²) in [5.41, 5.74) is -0.138. The third-order valence-electron chi connectivity index (χ3n) is 4.24. The fourth-order valence-electron chi connectivity index (χ4n) is 2.85. The van der Waals surface area contributed by atoms with Gasteiger partial charge < -0.3 is 15.2 Å². The molecule has 1 aliphatic carbocycles. The molecule has 5 heteroatoms. The van der Waals surface area contributed by atoms with E-state index in [4.69, 9.17) is 9.84 Å². The van der Waals surface area contributed by atoms with Gasteiger partial charge in [0.1, 0.15) is 0 Å². The highest BCUT2D eigenvalue weighted by atomic mass is 16.5. The number of hydrogen-bond acceptors (Lipinski definition) is 3. The highest BCUT2D eigenvalue weighted by molar-refractivity contribution is 5.71. The van der Waals surface area contributed by atoms with E-state index in [-0.39, 0.29) is 17.9 Å². The van der Waals surface area contributed by atoms with Gasteiger partial charge in [0.2, 0.25) is 0 Å². The van der Waals surface area contributed by atoms with Crippen LogP contribution in [0.1, 0.15) is 65.2 Å². The third kappa shape index (κ3) is 5.39. The van der Waals surface area contributed by atoms with Crippen LogP contribution in [-0.2, 0) is 9.53 Å². The molecule has 116 valence electrons. The maximum Gasteiger partial charge on any atom is 0.407 e. The van der Waals surface area contributed by atoms with Crippen LogP contribution in [0.4, 0.5) is 4.79 Å². The van der Waals surface area contributed by atoms with Crippen molar-refractivity contribution in [3.05, 3.63) is 0 Å². The molecule has 0 aromatic carbocycles. The number of amides is 1. The molecule has 0 saturated heterocycles. The molecular weight excluding hydrogens is 258 g/mol. The van der Waals surface area contributed by atoms with Crippen LogP contribution in [0.2, 0.25) is 0 Å². The van der Waals surface area contributed by atoms with Gasteiger partial charge in [-0.15, -0.1) is 0 Å². The number of unbranched alkanes of at least 4 members (excludes halogenated alkanes) is 1. The minimum absolute atomic E-state index is 0.0423. The predicted molar refractivity (Wildman–Crippen MR) is 76.6 cm³/mol. The molecule has 2 N–H and O–H groups in total. The van der Waals surface area contributed by atoms with Crippen LogP contribution in [0, 0.1) is 5.41 Å². The van der Waals surface area contributed by atoms with Gasteiger partial charge in [-0.05, 0) is 24.7 Å². The van der Waals surface area contributed by atoms with Gasteiger partial charge in [0.25, 0.3) is 0 Å². The van der Waals surface area contributed by atoms with E-state index in [2.05, 4.69) is 12.2 Å². The Morgan fingerprint density at radius 1 is 1.30 bits per heavy atom. The van der Waals surface area contributed by atoms with Crippen LogP contribution in [-0.4, -0.2) is 29.8 Å². The Balaban J connectivity index is 2.59. The SMILES string of the molecule is CCCCOC(=O)NC(CC(=O)O)C1(C)CCCCC1. The zero-order chi connectivity index (χ0) is 15.0. The van der Waals surface area contributed by atoms with E-state index >= 15 is 0 Å². The number of aliphatic carboxylic acids is 1. The van der Waals surface area contributed by atoms with Crippen molar-refractivity contribution in [3.63, 3.8) is 0 Å². The van der Waals surface area contributed by atoms with Crippen molar-refractivity contribution < 1.29 is 19.4 Å². The van der Waals surface area contributed by atoms with E-state index in [0.29, 0.717) is 6.61 Å². The number of nitrogens with one attached hydrogen (secondary N) is 1. The second kappa shape index (κ2) is 8.12. The van der Waals surface area contributed by atoms with Crippen LogP contribution >= 0.6 is 0 Å². The largest absolute Gasteiger partial charge is 0.481 e. The molecule has 1 saturated carbocycles. The summed E-state index contributed by atoms with van der Waals surface area (Å²) >= 11 is 0. The number of alkyl carbamates (subject to hydrolysis) is 1. The van der Waals surface area contributed by atoms with E-state index in [1.165, 1.54) is 6.42 Å². The number of carbonyl (C=O) groups excluding carboxylic acids is 1. The van der Waals surface area contributed by atoms with Crippen molar-refractivity contribution in [1.82, 2.24) is 5.32 Å². The smallest absolute Gasteiger partial charge is 0.407 e. The molecule has 1 amide bonds. The number of rotatable bonds is 7. The molecule has 0 aromatic heterocycles. The van der Waals surface area contributed by atoms with Gasteiger partial charge in [-0.2, -0.15) is 0 Å². The highest BCUT2D eigenvalue weighted by Gasteiger charge is 2.37. The maximum atomic E-state index is 11.8. The molecule has 0 aromatic rings. The molecule has 1 aliphatic rings. The summed E-state index contributed by atoms with van der Waals surface area (Å²) in [6, 6.07) is -0.352. The van der Waals surface area contributed by atoms with Gasteiger partial charge in [0.15, 0.2) is 0 Å². The Kier molecular flexibility index (Phi) is 6.82. The summed E-state index contributed by atoms with van der Waals surface area (Å²) in [5, 5.41) is 11.8. The fraction of sp³-hybridized carbons (Fsp3) is 0.867. The molecule has 0 heterocycles. The van der Waals surface area contributed by atoms with Gasteiger partial charge in [0.05, 0.1) is 13.0 Å². The van der Waals surface area contributed by atoms with E-state index in [0.717, 1.165) is 38.5 Å². The first-order chi connectivity index (χ1) is 9.48. The first-order valence-electron chi connectivity index (χ1n) is 7.63. The van der Waals surface area contributed by atoms with E-state index in [9.17, 15) is 9.59 Å². The first kappa shape index (κ1) is 16.8. The molecule has 1 unspecified atom stereocenters. The van der Waals surface area contributed by atoms with E-state index < -0.39 is 12.1 Å². The zero-order valence-corrected chi connectivity index (χ0v) is 12.6. The van der Waals surface area contributed by atoms with Crippen LogP contribution < -0.4 is 5.32 Å². The minimum Gasteiger partial charge on any atom is -0.481 e. The molecule has 5 nitrogen and oxygen atoms in total. The van der Waals surface area contributed by atoms with Crippen molar-refractivity contribution in [1.29, 1.82) is 0 Å². The Labute approximate surface area is 121 Å². The summed E-state index contributed by atoms with van der Waals surface area (Å²) in [5.74, 6) is -0.879. The van der Waals surface area contributed by atoms with Crippen LogP contribution in [0.15, 0.2) is 0 Å². The average molecular weight is 285 g/mol. The summed E-state index contributed by atoms with van der Waals surface area (Å²) in [4.78, 5) is 22.8. The van der Waals surface area contributed by atoms with Crippen LogP contribution in [0.3, 0.4) is 0 Å². The van der Waals surface area contributed by atoms with Gasteiger partial charge in [0, 0.05) is 6.04 Å². The maximum absolute atomic E-state index is 11.8. The summed E-state index contributed by atoms with van der Waals surface area (Å²) in [7, 11) is 0. The van der Waals surface area contributed by atoms with Gasteiger partial charge >= 0.3 is 12.1 Å². The lowest BCUT2D eigenvalue weighted by Gasteiger charge is -2.40. The molecule has 0 bridgehead atoms. The third-order valence-corrected chi connectivity index (χ3v) is 4.24. The highest BCUT2D eigenvalue weighted by Crippen LogP contribution is 2.39. The zero-order valence-electron chi connectivity index (χ0n) is 12.6. The van der Waals surface area contributed by atoms with Crippen molar-refractivity contribution in [3.8, 4) is 0 Å². The minimum atomic E-state index is -0.879. The second-order valence-corrected chi connectivity index (χ2v) is 6.00. The van der Waals surface area contributed by atoms with Crippen molar-refractivity contribution in [2.75, 3.05) is 6.61 Å². The molecule has 0 spiro atoms. The van der Waals surface area contributed by atoms with Crippen LogP contribution in [0.5, 0.6) is 0 Å². The topological polar surface area (TPSA) is 75.6 Å². The molecule has 20 heavy (non-hydrogen) atoms. The number of carboxylic acids is 1. The molecular formula is C15H27NO4. The molecule has 1 atom stereocenters. The van der Waals surface area contributed by atoms with Crippen LogP contribution in [0.25, 0.3) is 0 Å². The Bertz CT molecular complexity index is 324. The lowest BCUT2D eigenvalue weighted by molar-refractivity contribution is -0.138. The van der Waals surface area contributed by atoms with Gasteiger partial charge in [-0.3, -0.25) is 4.79 Å². The molecule has 0 aliphatic heterocycles. The molecule has 1 fully saturated rings. The predicted octanol–water partition coefficient (Wildman–Crippen LogP) is 3.33. The Morgan fingerprint density at radius 3 is 2.50 bits per heavy atom. The lowest BCUT2D eigenvalue weighted by Crippen LogP contribution is -2.48. The van der Waals surface area contributed by atoms with E-state index in [1.54, 1.807) is 0 Å². The van der Waals surface area contributed by atoms with E-state index in [1.807, 2.05) is 6.92 Å². The van der Waals surface area contributed by atoms with Crippen molar-refractivity contribution >= 4 is 12.1 Å². The van der Waals surface area contributed by atoms with Gasteiger partial charge in [-0.25, -0.2) is 4.79 Å². The fourth-order valence-corrected chi connectivity index (χ4v) is 2.85. The summed E-state index contributed by atoms with van der Waals surface area (Å²) in [6.07, 6.45) is 6.56. The number of ether oxygens (including phenoxy) is 1. The molecule has 0 radical (unpaired) electrons. The summed E-state index contributed by atoms with van der Waals surface area (Å²) in [6.45, 7) is 4.49. The first-order valence-corrected chi connectivity index (χ1v) is 7.63. The Hall–Kier alpha value is -1.26. The normalized spacial score (nSPS) is 19.1. The van der Waals surface area contributed by atoms with Crippen molar-refractivity contribution in [2.45, 2.75) is 71.3 Å². The number of hydrogen-bond donors (Lipinski definition) is 2. The van der Waals surface area contributed by atoms with Gasteiger partial charge in [-0.1, -0.05) is 39.5 Å². The average Bonchev–Trinajstić information content (AvgIpc) is 2.38. The lowest BCUT2D eigenvalue weighted by atomic mass is 9.69. The van der Waals surface area contributed by atoms with Crippen molar-refractivity contribution in [2.24, 2.45) is 5.41 Å². The standard InChI is InChI=1S/C15H27NO4/c1-3-4-10-20-14(19)16-12(11-13(17)18)15(2)8-6-5-7-9-15/h12H,3-11H2,1-2H3,(H,16,19)(H,17,18). The Morgan fingerprint density at radius 2 is 1.95 bits per heavy atom. The summed E-state index contributed by atoms with van der Waals surface area (Å²) < 4.78 is 5.09.